The summed E-state index contributed by atoms with van der Waals surface area (Å²) in [5.41, 5.74) is 2.42. The van der Waals surface area contributed by atoms with E-state index in [4.69, 9.17) is 9.47 Å². The molecular weight excluding hydrogens is 536 g/mol. The second-order valence-corrected chi connectivity index (χ2v) is 11.4. The number of carbonyl (C=O) groups excluding carboxylic acids is 2. The van der Waals surface area contributed by atoms with Crippen LogP contribution in [0.3, 0.4) is 0 Å². The van der Waals surface area contributed by atoms with E-state index in [-0.39, 0.29) is 12.5 Å². The van der Waals surface area contributed by atoms with E-state index in [9.17, 15) is 9.59 Å². The van der Waals surface area contributed by atoms with Crippen LogP contribution in [-0.2, 0) is 13.6 Å². The number of pyridine rings is 1. The van der Waals surface area contributed by atoms with Gasteiger partial charge in [-0.05, 0) is 49.2 Å². The Kier molecular flexibility index (Phi) is 14.8. The van der Waals surface area contributed by atoms with Gasteiger partial charge in [-0.25, -0.2) is 4.57 Å². The molecule has 232 valence electrons. The van der Waals surface area contributed by atoms with Crippen LogP contribution in [0.25, 0.3) is 0 Å². The number of hydrogen-bond donors (Lipinski definition) is 0. The Morgan fingerprint density at radius 3 is 1.98 bits per heavy atom. The SMILES string of the molecule is CCCCCCCCCCCCCCOc1ccc(C(=O)N(Cc2cccc[n+]2C)C(=O)c2ccccc2OC)c(C)c1. The lowest BCUT2D eigenvalue weighted by Gasteiger charge is -2.22. The van der Waals surface area contributed by atoms with Crippen molar-refractivity contribution in [2.24, 2.45) is 7.05 Å². The maximum absolute atomic E-state index is 13.9. The van der Waals surface area contributed by atoms with Crippen LogP contribution in [-0.4, -0.2) is 30.4 Å². The summed E-state index contributed by atoms with van der Waals surface area (Å²) >= 11 is 0. The average molecular weight is 588 g/mol. The van der Waals surface area contributed by atoms with Crippen molar-refractivity contribution in [3.05, 3.63) is 89.2 Å². The summed E-state index contributed by atoms with van der Waals surface area (Å²) < 4.78 is 13.4. The molecule has 0 bridgehead atoms. The predicted molar refractivity (Wildman–Crippen MR) is 173 cm³/mol. The van der Waals surface area contributed by atoms with E-state index in [1.54, 1.807) is 30.3 Å². The van der Waals surface area contributed by atoms with Crippen molar-refractivity contribution in [2.45, 2.75) is 97.4 Å². The van der Waals surface area contributed by atoms with Gasteiger partial charge in [0.1, 0.15) is 25.1 Å². The van der Waals surface area contributed by atoms with Gasteiger partial charge in [0.2, 0.25) is 5.69 Å². The molecule has 1 heterocycles. The van der Waals surface area contributed by atoms with Crippen LogP contribution in [0.15, 0.2) is 66.9 Å². The second-order valence-electron chi connectivity index (χ2n) is 11.4. The maximum atomic E-state index is 13.9. The summed E-state index contributed by atoms with van der Waals surface area (Å²) in [5.74, 6) is 0.415. The lowest BCUT2D eigenvalue weighted by atomic mass is 10.1. The Hall–Kier alpha value is -3.67. The number of nitrogens with zero attached hydrogens (tertiary/aromatic N) is 2. The molecule has 0 atom stereocenters. The van der Waals surface area contributed by atoms with Crippen molar-refractivity contribution in [1.82, 2.24) is 4.90 Å². The number of methoxy groups -OCH3 is 1. The standard InChI is InChI=1S/C37H51N2O4/c1-5-6-7-8-9-10-11-12-13-14-15-20-27-43-32-24-25-33(30(2)28-32)36(40)39(29-31-21-18-19-26-38(31)3)37(41)34-22-16-17-23-35(34)42-4/h16-19,21-26,28H,5-15,20,27,29H2,1-4H3/q+1. The zero-order valence-electron chi connectivity index (χ0n) is 26.8. The minimum absolute atomic E-state index is 0.129. The molecule has 0 unspecified atom stereocenters. The number of carbonyl (C=O) groups is 2. The van der Waals surface area contributed by atoms with Crippen molar-refractivity contribution in [3.8, 4) is 11.5 Å². The zero-order chi connectivity index (χ0) is 30.9. The van der Waals surface area contributed by atoms with Crippen LogP contribution < -0.4 is 14.0 Å². The Labute approximate surface area is 259 Å². The highest BCUT2D eigenvalue weighted by Crippen LogP contribution is 2.24. The molecule has 0 aliphatic carbocycles. The summed E-state index contributed by atoms with van der Waals surface area (Å²) in [6.07, 6.45) is 17.6. The van der Waals surface area contributed by atoms with E-state index in [2.05, 4.69) is 6.92 Å². The molecule has 1 aromatic heterocycles. The lowest BCUT2D eigenvalue weighted by Crippen LogP contribution is -2.42. The van der Waals surface area contributed by atoms with Gasteiger partial charge in [-0.15, -0.1) is 0 Å². The predicted octanol–water partition coefficient (Wildman–Crippen LogP) is 8.39. The summed E-state index contributed by atoms with van der Waals surface area (Å²) in [6.45, 7) is 4.94. The Morgan fingerprint density at radius 2 is 1.35 bits per heavy atom. The van der Waals surface area contributed by atoms with E-state index in [1.807, 2.05) is 55.1 Å². The topological polar surface area (TPSA) is 59.7 Å². The van der Waals surface area contributed by atoms with Crippen molar-refractivity contribution in [1.29, 1.82) is 0 Å². The van der Waals surface area contributed by atoms with Gasteiger partial charge >= 0.3 is 0 Å². The molecule has 0 aliphatic heterocycles. The van der Waals surface area contributed by atoms with Gasteiger partial charge in [0.15, 0.2) is 6.20 Å². The van der Waals surface area contributed by atoms with Gasteiger partial charge in [0.05, 0.1) is 19.3 Å². The van der Waals surface area contributed by atoms with E-state index in [1.165, 1.54) is 82.6 Å². The fourth-order valence-corrected chi connectivity index (χ4v) is 5.33. The summed E-state index contributed by atoms with van der Waals surface area (Å²) in [6, 6.07) is 18.2. The van der Waals surface area contributed by atoms with Crippen LogP contribution in [0.5, 0.6) is 11.5 Å². The van der Waals surface area contributed by atoms with Crippen molar-refractivity contribution in [2.75, 3.05) is 13.7 Å². The molecule has 3 aromatic rings. The highest BCUT2D eigenvalue weighted by molar-refractivity contribution is 6.11. The molecule has 0 saturated carbocycles. The molecule has 2 aromatic carbocycles. The van der Waals surface area contributed by atoms with E-state index in [0.29, 0.717) is 23.5 Å². The van der Waals surface area contributed by atoms with Crippen LogP contribution in [0.4, 0.5) is 0 Å². The quantitative estimate of drug-likeness (QED) is 0.0803. The van der Waals surface area contributed by atoms with Crippen molar-refractivity contribution < 1.29 is 23.6 Å². The van der Waals surface area contributed by atoms with Gasteiger partial charge in [-0.2, -0.15) is 0 Å². The molecule has 6 nitrogen and oxygen atoms in total. The molecular formula is C37H51N2O4+. The van der Waals surface area contributed by atoms with E-state index < -0.39 is 5.91 Å². The first kappa shape index (κ1) is 33.8. The monoisotopic (exact) mass is 587 g/mol. The highest BCUT2D eigenvalue weighted by Gasteiger charge is 2.29. The number of aryl methyl sites for hydroxylation is 2. The summed E-state index contributed by atoms with van der Waals surface area (Å²) in [4.78, 5) is 29.0. The number of ether oxygens (including phenoxy) is 2. The minimum atomic E-state index is -0.405. The first-order valence-electron chi connectivity index (χ1n) is 16.1. The molecule has 0 spiro atoms. The van der Waals surface area contributed by atoms with Gasteiger partial charge in [0, 0.05) is 17.7 Å². The molecule has 0 N–H and O–H groups in total. The minimum Gasteiger partial charge on any atom is -0.496 e. The third kappa shape index (κ3) is 10.8. The summed E-state index contributed by atoms with van der Waals surface area (Å²) in [5, 5.41) is 0. The molecule has 43 heavy (non-hydrogen) atoms. The first-order valence-corrected chi connectivity index (χ1v) is 16.1. The highest BCUT2D eigenvalue weighted by atomic mass is 16.5. The van der Waals surface area contributed by atoms with Gasteiger partial charge in [0.25, 0.3) is 11.8 Å². The number of rotatable bonds is 19. The first-order chi connectivity index (χ1) is 21.0. The normalized spacial score (nSPS) is 10.9. The van der Waals surface area contributed by atoms with Crippen LogP contribution in [0.1, 0.15) is 116 Å². The van der Waals surface area contributed by atoms with Gasteiger partial charge in [-0.1, -0.05) is 95.8 Å². The fourth-order valence-electron chi connectivity index (χ4n) is 5.33. The molecule has 0 aliphatic rings. The number of benzene rings is 2. The Balaban J connectivity index is 1.55. The van der Waals surface area contributed by atoms with Crippen LogP contribution in [0, 0.1) is 6.92 Å². The van der Waals surface area contributed by atoms with Crippen molar-refractivity contribution in [3.63, 3.8) is 0 Å². The number of imide groups is 1. The number of para-hydroxylation sites is 1. The molecule has 0 fully saturated rings. The van der Waals surface area contributed by atoms with Crippen molar-refractivity contribution >= 4 is 11.8 Å². The maximum Gasteiger partial charge on any atom is 0.265 e. The van der Waals surface area contributed by atoms with E-state index in [0.717, 1.165) is 23.4 Å². The lowest BCUT2D eigenvalue weighted by molar-refractivity contribution is -0.679. The number of unbranched alkanes of at least 4 members (excludes halogenated alkanes) is 11. The second kappa shape index (κ2) is 18.8. The number of amides is 2. The smallest absolute Gasteiger partial charge is 0.265 e. The third-order valence-corrected chi connectivity index (χ3v) is 8.01. The Bertz CT molecular complexity index is 1290. The van der Waals surface area contributed by atoms with Crippen LogP contribution in [0.2, 0.25) is 0 Å². The molecule has 0 radical (unpaired) electrons. The zero-order valence-corrected chi connectivity index (χ0v) is 26.8. The number of aromatic nitrogens is 1. The third-order valence-electron chi connectivity index (χ3n) is 8.01. The van der Waals surface area contributed by atoms with E-state index >= 15 is 0 Å². The Morgan fingerprint density at radius 1 is 0.744 bits per heavy atom. The average Bonchev–Trinajstić information content (AvgIpc) is 3.02. The molecule has 6 heteroatoms. The number of hydrogen-bond acceptors (Lipinski definition) is 4. The van der Waals surface area contributed by atoms with Gasteiger partial charge < -0.3 is 9.47 Å². The largest absolute Gasteiger partial charge is 0.496 e. The summed E-state index contributed by atoms with van der Waals surface area (Å²) in [7, 11) is 3.43. The fraction of sp³-hybridized carbons (Fsp3) is 0.486. The molecule has 2 amide bonds. The van der Waals surface area contributed by atoms with Crippen LogP contribution >= 0.6 is 0 Å². The molecule has 3 rings (SSSR count). The van der Waals surface area contributed by atoms with Gasteiger partial charge in [-0.3, -0.25) is 14.5 Å². The molecule has 0 saturated heterocycles.